The molecule has 110 valence electrons. The first-order chi connectivity index (χ1) is 9.86. The zero-order chi connectivity index (χ0) is 15.6. The van der Waals surface area contributed by atoms with Gasteiger partial charge in [-0.1, -0.05) is 27.5 Å². The lowest BCUT2D eigenvalue weighted by Crippen LogP contribution is -2.03. The number of benzene rings is 2. The second-order valence-electron chi connectivity index (χ2n) is 4.17. The first kappa shape index (κ1) is 15.7. The summed E-state index contributed by atoms with van der Waals surface area (Å²) in [6.07, 6.45) is 0. The molecule has 0 heterocycles. The zero-order valence-electron chi connectivity index (χ0n) is 10.4. The predicted octanol–water partition coefficient (Wildman–Crippen LogP) is 4.90. The summed E-state index contributed by atoms with van der Waals surface area (Å²) in [6, 6.07) is 6.05. The molecule has 2 aromatic carbocycles. The maximum atomic E-state index is 13.6. The lowest BCUT2D eigenvalue weighted by atomic mass is 10.2. The second-order valence-corrected chi connectivity index (χ2v) is 5.50. The highest BCUT2D eigenvalue weighted by Crippen LogP contribution is 2.28. The molecule has 0 aliphatic rings. The minimum atomic E-state index is -0.829. The quantitative estimate of drug-likeness (QED) is 0.609. The van der Waals surface area contributed by atoms with Crippen LogP contribution in [0.2, 0.25) is 5.02 Å². The Hall–Kier alpha value is -1.73. The molecule has 0 radical (unpaired) electrons. The molecule has 2 aromatic rings. The van der Waals surface area contributed by atoms with Crippen LogP contribution in [0.3, 0.4) is 0 Å². The lowest BCUT2D eigenvalue weighted by molar-refractivity contribution is -0.385. The topological polar surface area (TPSA) is 55.2 Å². The summed E-state index contributed by atoms with van der Waals surface area (Å²) in [6.45, 7) is 0.0998. The summed E-state index contributed by atoms with van der Waals surface area (Å²) in [5.74, 6) is -1.61. The number of halogens is 4. The van der Waals surface area contributed by atoms with Crippen molar-refractivity contribution in [3.8, 4) is 0 Å². The Kier molecular flexibility index (Phi) is 4.74. The molecule has 0 fully saturated rings. The predicted molar refractivity (Wildman–Crippen MR) is 79.5 cm³/mol. The average molecular weight is 378 g/mol. The summed E-state index contributed by atoms with van der Waals surface area (Å²) in [5.41, 5.74) is 0.406. The van der Waals surface area contributed by atoms with Crippen LogP contribution in [0.1, 0.15) is 5.56 Å². The van der Waals surface area contributed by atoms with Crippen LogP contribution in [-0.4, -0.2) is 4.92 Å². The monoisotopic (exact) mass is 376 g/mol. The number of hydrogen-bond acceptors (Lipinski definition) is 3. The lowest BCUT2D eigenvalue weighted by Gasteiger charge is -2.10. The fourth-order valence-electron chi connectivity index (χ4n) is 1.74. The van der Waals surface area contributed by atoms with Crippen molar-refractivity contribution in [3.05, 3.63) is 67.1 Å². The van der Waals surface area contributed by atoms with Gasteiger partial charge in [-0.2, -0.15) is 0 Å². The molecule has 0 aromatic heterocycles. The van der Waals surface area contributed by atoms with Crippen LogP contribution in [0.4, 0.5) is 20.2 Å². The van der Waals surface area contributed by atoms with Crippen molar-refractivity contribution in [2.75, 3.05) is 5.32 Å². The van der Waals surface area contributed by atoms with E-state index in [2.05, 4.69) is 21.2 Å². The van der Waals surface area contributed by atoms with Gasteiger partial charge in [-0.3, -0.25) is 10.1 Å². The van der Waals surface area contributed by atoms with Crippen molar-refractivity contribution >= 4 is 38.9 Å². The molecule has 8 heteroatoms. The Morgan fingerprint density at radius 1 is 1.24 bits per heavy atom. The van der Waals surface area contributed by atoms with Crippen LogP contribution < -0.4 is 5.32 Å². The van der Waals surface area contributed by atoms with Gasteiger partial charge in [-0.05, 0) is 17.7 Å². The zero-order valence-corrected chi connectivity index (χ0v) is 12.7. The van der Waals surface area contributed by atoms with Gasteiger partial charge in [0.05, 0.1) is 15.6 Å². The molecule has 0 aliphatic heterocycles. The number of rotatable bonds is 4. The second kappa shape index (κ2) is 6.36. The van der Waals surface area contributed by atoms with Gasteiger partial charge in [-0.15, -0.1) is 0 Å². The average Bonchev–Trinajstić information content (AvgIpc) is 2.36. The van der Waals surface area contributed by atoms with Crippen LogP contribution in [0, 0.1) is 21.7 Å². The Labute approximate surface area is 132 Å². The molecule has 0 bridgehead atoms. The first-order valence-electron chi connectivity index (χ1n) is 5.69. The number of hydrogen-bond donors (Lipinski definition) is 1. The molecule has 2 rings (SSSR count). The molecule has 21 heavy (non-hydrogen) atoms. The summed E-state index contributed by atoms with van der Waals surface area (Å²) < 4.78 is 27.1. The van der Waals surface area contributed by atoms with E-state index in [1.54, 1.807) is 6.07 Å². The normalized spacial score (nSPS) is 10.5. The molecule has 0 unspecified atom stereocenters. The molecule has 4 nitrogen and oxygen atoms in total. The van der Waals surface area contributed by atoms with Crippen LogP contribution in [-0.2, 0) is 6.54 Å². The summed E-state index contributed by atoms with van der Waals surface area (Å²) in [4.78, 5) is 10.2. The molecule has 0 amide bonds. The SMILES string of the molecule is O=[N+]([O-])c1cc(Br)cc(CNc2c(F)cc(F)cc2Cl)c1. The molecule has 0 saturated heterocycles. The maximum absolute atomic E-state index is 13.6. The van der Waals surface area contributed by atoms with Gasteiger partial charge in [0.25, 0.3) is 5.69 Å². The van der Waals surface area contributed by atoms with Gasteiger partial charge in [0, 0.05) is 29.2 Å². The van der Waals surface area contributed by atoms with Crippen LogP contribution in [0.15, 0.2) is 34.8 Å². The molecule has 1 N–H and O–H groups in total. The molecular formula is C13H8BrClF2N2O2. The maximum Gasteiger partial charge on any atom is 0.270 e. The summed E-state index contributed by atoms with van der Waals surface area (Å²) >= 11 is 8.92. The van der Waals surface area contributed by atoms with Crippen molar-refractivity contribution in [2.24, 2.45) is 0 Å². The molecular weight excluding hydrogens is 370 g/mol. The van der Waals surface area contributed by atoms with Gasteiger partial charge in [0.2, 0.25) is 0 Å². The Morgan fingerprint density at radius 2 is 1.95 bits per heavy atom. The van der Waals surface area contributed by atoms with E-state index in [0.29, 0.717) is 16.1 Å². The Morgan fingerprint density at radius 3 is 2.57 bits per heavy atom. The first-order valence-corrected chi connectivity index (χ1v) is 6.86. The third-order valence-corrected chi connectivity index (χ3v) is 3.39. The highest BCUT2D eigenvalue weighted by Gasteiger charge is 2.12. The van der Waals surface area contributed by atoms with Crippen molar-refractivity contribution in [1.82, 2.24) is 0 Å². The van der Waals surface area contributed by atoms with Crippen LogP contribution >= 0.6 is 27.5 Å². The molecule has 0 atom stereocenters. The number of anilines is 1. The summed E-state index contributed by atoms with van der Waals surface area (Å²) in [5, 5.41) is 13.4. The summed E-state index contributed by atoms with van der Waals surface area (Å²) in [7, 11) is 0. The number of nitro groups is 1. The van der Waals surface area contributed by atoms with E-state index in [4.69, 9.17) is 11.6 Å². The van der Waals surface area contributed by atoms with E-state index in [1.807, 2.05) is 0 Å². The fraction of sp³-hybridized carbons (Fsp3) is 0.0769. The standard InChI is InChI=1S/C13H8BrClF2N2O2/c14-8-1-7(2-10(3-8)19(20)21)6-18-13-11(15)4-9(16)5-12(13)17/h1-5,18H,6H2. The molecule has 0 aliphatic carbocycles. The minimum absolute atomic E-state index is 0.0549. The highest BCUT2D eigenvalue weighted by atomic mass is 79.9. The smallest absolute Gasteiger partial charge is 0.270 e. The Balaban J connectivity index is 2.23. The van der Waals surface area contributed by atoms with Gasteiger partial charge < -0.3 is 5.32 Å². The number of nitrogens with one attached hydrogen (secondary N) is 1. The largest absolute Gasteiger partial charge is 0.377 e. The van der Waals surface area contributed by atoms with Crippen LogP contribution in [0.25, 0.3) is 0 Å². The van der Waals surface area contributed by atoms with E-state index < -0.39 is 16.6 Å². The van der Waals surface area contributed by atoms with E-state index in [1.165, 1.54) is 12.1 Å². The number of non-ortho nitro benzene ring substituents is 1. The Bertz CT molecular complexity index is 690. The van der Waals surface area contributed by atoms with Gasteiger partial charge in [0.1, 0.15) is 5.82 Å². The van der Waals surface area contributed by atoms with E-state index in [9.17, 15) is 18.9 Å². The van der Waals surface area contributed by atoms with Crippen molar-refractivity contribution in [3.63, 3.8) is 0 Å². The molecule has 0 saturated carbocycles. The molecule has 0 spiro atoms. The van der Waals surface area contributed by atoms with Crippen molar-refractivity contribution in [1.29, 1.82) is 0 Å². The van der Waals surface area contributed by atoms with Gasteiger partial charge in [0.15, 0.2) is 5.82 Å². The van der Waals surface area contributed by atoms with Crippen molar-refractivity contribution in [2.45, 2.75) is 6.54 Å². The number of nitrogens with zero attached hydrogens (tertiary/aromatic N) is 1. The third-order valence-electron chi connectivity index (χ3n) is 2.63. The third kappa shape index (κ3) is 3.89. The van der Waals surface area contributed by atoms with Crippen LogP contribution in [0.5, 0.6) is 0 Å². The van der Waals surface area contributed by atoms with E-state index in [-0.39, 0.29) is 22.9 Å². The minimum Gasteiger partial charge on any atom is -0.377 e. The van der Waals surface area contributed by atoms with Gasteiger partial charge in [-0.25, -0.2) is 8.78 Å². The van der Waals surface area contributed by atoms with Gasteiger partial charge >= 0.3 is 0 Å². The fourth-order valence-corrected chi connectivity index (χ4v) is 2.53. The van der Waals surface area contributed by atoms with E-state index in [0.717, 1.165) is 6.07 Å². The number of nitro benzene ring substituents is 1. The van der Waals surface area contributed by atoms with Crippen molar-refractivity contribution < 1.29 is 13.7 Å². The highest BCUT2D eigenvalue weighted by molar-refractivity contribution is 9.10. The van der Waals surface area contributed by atoms with E-state index >= 15 is 0 Å².